The van der Waals surface area contributed by atoms with Crippen LogP contribution in [0, 0.1) is 11.8 Å². The van der Waals surface area contributed by atoms with Crippen molar-refractivity contribution in [3.8, 4) is 0 Å². The van der Waals surface area contributed by atoms with Crippen LogP contribution in [0.15, 0.2) is 4.99 Å². The summed E-state index contributed by atoms with van der Waals surface area (Å²) < 4.78 is 0. The van der Waals surface area contributed by atoms with Gasteiger partial charge in [-0.3, -0.25) is 14.6 Å². The SMILES string of the molecule is NC1=N[C@](CCC2CCCCC2)(C[C@H]2CCCC(NCCCN3CCCC3=O)C2)C(=O)C1. The number of carbonyl (C=O) groups is 2. The zero-order valence-corrected chi connectivity index (χ0v) is 20.0. The Morgan fingerprint density at radius 3 is 2.56 bits per heavy atom. The van der Waals surface area contributed by atoms with Crippen LogP contribution in [-0.2, 0) is 9.59 Å². The molecule has 1 amide bonds. The molecule has 0 bridgehead atoms. The molecular weight excluding hydrogens is 400 g/mol. The molecule has 2 aliphatic carbocycles. The number of carbonyl (C=O) groups excluding carboxylic acids is 2. The molecule has 3 atom stereocenters. The lowest BCUT2D eigenvalue weighted by atomic mass is 9.73. The number of nitrogens with two attached hydrogens (primary N) is 1. The number of amides is 1. The van der Waals surface area contributed by atoms with E-state index in [-0.39, 0.29) is 5.78 Å². The molecule has 3 fully saturated rings. The third kappa shape index (κ3) is 6.12. The first-order valence-corrected chi connectivity index (χ1v) is 13.4. The van der Waals surface area contributed by atoms with Crippen LogP contribution >= 0.6 is 0 Å². The van der Waals surface area contributed by atoms with Crippen molar-refractivity contribution < 1.29 is 9.59 Å². The second-order valence-corrected chi connectivity index (χ2v) is 11.0. The predicted octanol–water partition coefficient (Wildman–Crippen LogP) is 3.97. The van der Waals surface area contributed by atoms with E-state index >= 15 is 0 Å². The summed E-state index contributed by atoms with van der Waals surface area (Å²) in [5.74, 6) is 2.47. The second-order valence-electron chi connectivity index (χ2n) is 11.0. The standard InChI is InChI=1S/C26H44N4O2/c27-24-18-23(31)26(29-24,13-12-20-7-2-1-3-8-20)19-21-9-4-10-22(17-21)28-14-6-16-30-15-5-11-25(30)32/h20-22,28H,1-19H2,(H2,27,29)/t21-,22?,26+/m0/s1. The molecule has 0 spiro atoms. The van der Waals surface area contributed by atoms with E-state index in [0.29, 0.717) is 30.1 Å². The van der Waals surface area contributed by atoms with Crippen molar-refractivity contribution in [3.63, 3.8) is 0 Å². The summed E-state index contributed by atoms with van der Waals surface area (Å²) in [6, 6.07) is 0.524. The Bertz CT molecular complexity index is 687. The van der Waals surface area contributed by atoms with Gasteiger partial charge in [0.15, 0.2) is 5.78 Å². The number of likely N-dealkylation sites (tertiary alicyclic amines) is 1. The highest BCUT2D eigenvalue weighted by atomic mass is 16.2. The van der Waals surface area contributed by atoms with Crippen molar-refractivity contribution in [1.82, 2.24) is 10.2 Å². The van der Waals surface area contributed by atoms with Crippen molar-refractivity contribution in [2.45, 2.75) is 114 Å². The van der Waals surface area contributed by atoms with Crippen LogP contribution in [-0.4, -0.2) is 53.6 Å². The largest absolute Gasteiger partial charge is 0.387 e. The smallest absolute Gasteiger partial charge is 0.222 e. The van der Waals surface area contributed by atoms with E-state index in [9.17, 15) is 9.59 Å². The van der Waals surface area contributed by atoms with Crippen molar-refractivity contribution in [1.29, 1.82) is 0 Å². The van der Waals surface area contributed by atoms with E-state index in [2.05, 4.69) is 5.32 Å². The lowest BCUT2D eigenvalue weighted by Gasteiger charge is -2.36. The van der Waals surface area contributed by atoms with Crippen molar-refractivity contribution in [3.05, 3.63) is 0 Å². The lowest BCUT2D eigenvalue weighted by Crippen LogP contribution is -2.41. The molecule has 6 nitrogen and oxygen atoms in total. The first-order chi connectivity index (χ1) is 15.5. The minimum Gasteiger partial charge on any atom is -0.387 e. The summed E-state index contributed by atoms with van der Waals surface area (Å²) in [6.45, 7) is 2.79. The molecule has 2 heterocycles. The molecule has 6 heteroatoms. The second kappa shape index (κ2) is 11.1. The van der Waals surface area contributed by atoms with Crippen LogP contribution in [0.1, 0.15) is 103 Å². The number of Topliss-reactive ketones (excluding diaryl/α,β-unsaturated/α-hetero) is 1. The highest BCUT2D eigenvalue weighted by molar-refractivity contribution is 6.10. The number of hydrogen-bond donors (Lipinski definition) is 2. The summed E-state index contributed by atoms with van der Waals surface area (Å²) in [7, 11) is 0. The Labute approximate surface area is 194 Å². The molecule has 4 rings (SSSR count). The van der Waals surface area contributed by atoms with Gasteiger partial charge in [0.2, 0.25) is 5.91 Å². The Hall–Kier alpha value is -1.43. The number of amidine groups is 1. The summed E-state index contributed by atoms with van der Waals surface area (Å²) in [6.07, 6.45) is 17.5. The molecule has 4 aliphatic rings. The van der Waals surface area contributed by atoms with E-state index in [1.807, 2.05) is 4.90 Å². The molecular formula is C26H44N4O2. The van der Waals surface area contributed by atoms with Gasteiger partial charge >= 0.3 is 0 Å². The zero-order valence-electron chi connectivity index (χ0n) is 20.0. The summed E-state index contributed by atoms with van der Waals surface area (Å²) in [5.41, 5.74) is 5.54. The van der Waals surface area contributed by atoms with Crippen LogP contribution < -0.4 is 11.1 Å². The predicted molar refractivity (Wildman–Crippen MR) is 129 cm³/mol. The van der Waals surface area contributed by atoms with Gasteiger partial charge in [-0.25, -0.2) is 0 Å². The molecule has 180 valence electrons. The number of rotatable bonds is 10. The Morgan fingerprint density at radius 1 is 1.03 bits per heavy atom. The van der Waals surface area contributed by atoms with Crippen molar-refractivity contribution in [2.75, 3.05) is 19.6 Å². The van der Waals surface area contributed by atoms with Gasteiger partial charge < -0.3 is 16.0 Å². The van der Waals surface area contributed by atoms with Crippen LogP contribution in [0.4, 0.5) is 0 Å². The number of ketones is 1. The van der Waals surface area contributed by atoms with Crippen LogP contribution in [0.3, 0.4) is 0 Å². The average molecular weight is 445 g/mol. The Balaban J connectivity index is 1.26. The van der Waals surface area contributed by atoms with Gasteiger partial charge in [-0.1, -0.05) is 44.9 Å². The topological polar surface area (TPSA) is 87.8 Å². The minimum absolute atomic E-state index is 0.274. The fourth-order valence-corrected chi connectivity index (χ4v) is 6.74. The number of aliphatic imine (C=N–C) groups is 1. The molecule has 1 saturated heterocycles. The van der Waals surface area contributed by atoms with E-state index < -0.39 is 5.54 Å². The van der Waals surface area contributed by atoms with Gasteiger partial charge in [-0.15, -0.1) is 0 Å². The van der Waals surface area contributed by atoms with Crippen molar-refractivity contribution in [2.24, 2.45) is 22.6 Å². The quantitative estimate of drug-likeness (QED) is 0.499. The maximum Gasteiger partial charge on any atom is 0.222 e. The van der Waals surface area contributed by atoms with Gasteiger partial charge in [0.05, 0.1) is 6.42 Å². The average Bonchev–Trinajstić information content (AvgIpc) is 3.32. The summed E-state index contributed by atoms with van der Waals surface area (Å²) in [5, 5.41) is 3.75. The normalized spacial score (nSPS) is 32.0. The summed E-state index contributed by atoms with van der Waals surface area (Å²) in [4.78, 5) is 31.7. The molecule has 2 aliphatic heterocycles. The van der Waals surface area contributed by atoms with Gasteiger partial charge in [0.25, 0.3) is 0 Å². The molecule has 2 saturated carbocycles. The van der Waals surface area contributed by atoms with Crippen molar-refractivity contribution >= 4 is 17.5 Å². The first kappa shape index (κ1) is 23.7. The Kier molecular flexibility index (Phi) is 8.25. The van der Waals surface area contributed by atoms with E-state index in [4.69, 9.17) is 10.7 Å². The lowest BCUT2D eigenvalue weighted by molar-refractivity contribution is -0.127. The van der Waals surface area contributed by atoms with Gasteiger partial charge in [-0.05, 0) is 63.3 Å². The number of nitrogens with zero attached hydrogens (tertiary/aromatic N) is 2. The monoisotopic (exact) mass is 444 g/mol. The van der Waals surface area contributed by atoms with Crippen LogP contribution in [0.5, 0.6) is 0 Å². The van der Waals surface area contributed by atoms with Crippen LogP contribution in [0.2, 0.25) is 0 Å². The highest BCUT2D eigenvalue weighted by Gasteiger charge is 2.44. The molecule has 3 N–H and O–H groups in total. The number of nitrogens with one attached hydrogen (secondary N) is 1. The van der Waals surface area contributed by atoms with Gasteiger partial charge in [-0.2, -0.15) is 0 Å². The van der Waals surface area contributed by atoms with Gasteiger partial charge in [0.1, 0.15) is 11.4 Å². The molecule has 0 aromatic heterocycles. The molecule has 0 aromatic rings. The first-order valence-electron chi connectivity index (χ1n) is 13.4. The van der Waals surface area contributed by atoms with E-state index in [0.717, 1.165) is 70.5 Å². The van der Waals surface area contributed by atoms with Crippen LogP contribution in [0.25, 0.3) is 0 Å². The third-order valence-electron chi connectivity index (χ3n) is 8.53. The molecule has 1 unspecified atom stereocenters. The zero-order chi connectivity index (χ0) is 22.4. The highest BCUT2D eigenvalue weighted by Crippen LogP contribution is 2.40. The maximum absolute atomic E-state index is 13.1. The Morgan fingerprint density at radius 2 is 1.84 bits per heavy atom. The fourth-order valence-electron chi connectivity index (χ4n) is 6.74. The molecule has 32 heavy (non-hydrogen) atoms. The summed E-state index contributed by atoms with van der Waals surface area (Å²) >= 11 is 0. The maximum atomic E-state index is 13.1. The fraction of sp³-hybridized carbons (Fsp3) is 0.885. The van der Waals surface area contributed by atoms with E-state index in [1.54, 1.807) is 0 Å². The third-order valence-corrected chi connectivity index (χ3v) is 8.53. The molecule has 0 radical (unpaired) electrons. The van der Waals surface area contributed by atoms with Gasteiger partial charge in [0, 0.05) is 25.6 Å². The number of hydrogen-bond acceptors (Lipinski definition) is 5. The molecule has 0 aromatic carbocycles. The minimum atomic E-state index is -0.537. The van der Waals surface area contributed by atoms with E-state index in [1.165, 1.54) is 51.4 Å².